The number of hydrogen-bond donors (Lipinski definition) is 1. The number of anilines is 1. The van der Waals surface area contributed by atoms with Gasteiger partial charge in [-0.1, -0.05) is 12.1 Å². The number of fused-ring (bicyclic) bond motifs is 3. The van der Waals surface area contributed by atoms with Gasteiger partial charge in [0.25, 0.3) is 0 Å². The Morgan fingerprint density at radius 1 is 1.18 bits per heavy atom. The van der Waals surface area contributed by atoms with Gasteiger partial charge < -0.3 is 5.32 Å². The lowest BCUT2D eigenvalue weighted by molar-refractivity contribution is 0.326. The molecular weight excluding hydrogens is 379 g/mol. The van der Waals surface area contributed by atoms with Gasteiger partial charge in [0.15, 0.2) is 9.84 Å². The molecule has 148 valence electrons. The van der Waals surface area contributed by atoms with Crippen molar-refractivity contribution in [3.05, 3.63) is 53.1 Å². The van der Waals surface area contributed by atoms with Crippen molar-refractivity contribution in [1.82, 2.24) is 14.9 Å². The van der Waals surface area contributed by atoms with E-state index in [2.05, 4.69) is 15.2 Å². The number of hydrogen-bond acceptors (Lipinski definition) is 6. The number of sulfone groups is 1. The summed E-state index contributed by atoms with van der Waals surface area (Å²) in [4.78, 5) is 11.2. The third-order valence-corrected chi connectivity index (χ3v) is 8.09. The van der Waals surface area contributed by atoms with Crippen LogP contribution in [-0.2, 0) is 22.1 Å². The van der Waals surface area contributed by atoms with E-state index in [0.717, 1.165) is 23.4 Å². The molecule has 2 fully saturated rings. The van der Waals surface area contributed by atoms with Gasteiger partial charge in [-0.25, -0.2) is 22.8 Å². The minimum Gasteiger partial charge on any atom is -0.354 e. The average molecular weight is 402 g/mol. The van der Waals surface area contributed by atoms with E-state index in [1.165, 1.54) is 25.0 Å². The van der Waals surface area contributed by atoms with E-state index >= 15 is 0 Å². The van der Waals surface area contributed by atoms with Crippen LogP contribution in [0.25, 0.3) is 0 Å². The fourth-order valence-corrected chi connectivity index (χ4v) is 6.30. The molecule has 1 aliphatic carbocycles. The average Bonchev–Trinajstić information content (AvgIpc) is 3.39. The van der Waals surface area contributed by atoms with Crippen LogP contribution in [0, 0.1) is 11.7 Å². The quantitative estimate of drug-likeness (QED) is 0.827. The lowest BCUT2D eigenvalue weighted by atomic mass is 10.00. The molecule has 8 heteroatoms. The molecule has 0 spiro atoms. The lowest BCUT2D eigenvalue weighted by Crippen LogP contribution is -2.35. The molecule has 1 aromatic carbocycles. The van der Waals surface area contributed by atoms with Crippen molar-refractivity contribution in [2.75, 3.05) is 25.0 Å². The van der Waals surface area contributed by atoms with Crippen molar-refractivity contribution in [3.8, 4) is 0 Å². The molecule has 1 saturated heterocycles. The van der Waals surface area contributed by atoms with Gasteiger partial charge in [0.05, 0.1) is 16.7 Å². The molecule has 0 amide bonds. The summed E-state index contributed by atoms with van der Waals surface area (Å²) in [6, 6.07) is 6.38. The van der Waals surface area contributed by atoms with Crippen LogP contribution in [0.3, 0.4) is 0 Å². The Morgan fingerprint density at radius 3 is 2.71 bits per heavy atom. The maximum Gasteiger partial charge on any atom is 0.222 e. The molecule has 2 aliphatic heterocycles. The Balaban J connectivity index is 1.39. The van der Waals surface area contributed by atoms with Gasteiger partial charge in [-0.3, -0.25) is 4.90 Å². The third kappa shape index (κ3) is 3.51. The Kier molecular flexibility index (Phi) is 4.35. The maximum atomic E-state index is 13.2. The second kappa shape index (κ2) is 6.77. The standard InChI is InChI=1S/C20H23FN4O2S/c21-16-5-3-14(4-6-16)9-25-10-17-18(11-25)28(26,27)12-15-8-23-20(24-19(15)17)22-7-13-1-2-13/h3-6,8,13,17-18H,1-2,7,9-12H2,(H,22,23,24)/t17-,18-/m0/s1. The molecule has 3 heterocycles. The minimum absolute atomic E-state index is 0.0107. The summed E-state index contributed by atoms with van der Waals surface area (Å²) in [5, 5.41) is 2.85. The zero-order valence-electron chi connectivity index (χ0n) is 15.5. The van der Waals surface area contributed by atoms with Crippen LogP contribution in [0.5, 0.6) is 0 Å². The smallest absolute Gasteiger partial charge is 0.222 e. The van der Waals surface area contributed by atoms with Gasteiger partial charge in [0.2, 0.25) is 5.95 Å². The van der Waals surface area contributed by atoms with Crippen LogP contribution in [0.4, 0.5) is 10.3 Å². The van der Waals surface area contributed by atoms with Crippen LogP contribution in [-0.4, -0.2) is 48.2 Å². The predicted molar refractivity (Wildman–Crippen MR) is 104 cm³/mol. The van der Waals surface area contributed by atoms with E-state index in [1.807, 2.05) is 0 Å². The summed E-state index contributed by atoms with van der Waals surface area (Å²) in [6.07, 6.45) is 4.17. The molecule has 0 radical (unpaired) electrons. The first-order valence-corrected chi connectivity index (χ1v) is 11.5. The van der Waals surface area contributed by atoms with Gasteiger partial charge in [-0.2, -0.15) is 0 Å². The number of halogens is 1. The van der Waals surface area contributed by atoms with Crippen molar-refractivity contribution in [3.63, 3.8) is 0 Å². The number of likely N-dealkylation sites (tertiary alicyclic amines) is 1. The zero-order chi connectivity index (χ0) is 19.3. The van der Waals surface area contributed by atoms with Gasteiger partial charge >= 0.3 is 0 Å². The Morgan fingerprint density at radius 2 is 1.96 bits per heavy atom. The molecule has 6 nitrogen and oxygen atoms in total. The van der Waals surface area contributed by atoms with E-state index < -0.39 is 15.1 Å². The first kappa shape index (κ1) is 18.0. The number of benzene rings is 1. The number of rotatable bonds is 5. The first-order chi connectivity index (χ1) is 13.5. The Labute approximate surface area is 164 Å². The highest BCUT2D eigenvalue weighted by Gasteiger charge is 2.47. The van der Waals surface area contributed by atoms with Crippen LogP contribution < -0.4 is 5.32 Å². The topological polar surface area (TPSA) is 75.2 Å². The molecule has 1 saturated carbocycles. The third-order valence-electron chi connectivity index (χ3n) is 5.97. The van der Waals surface area contributed by atoms with Crippen LogP contribution in [0.15, 0.2) is 30.5 Å². The fraction of sp³-hybridized carbons (Fsp3) is 0.500. The monoisotopic (exact) mass is 402 g/mol. The van der Waals surface area contributed by atoms with Crippen LogP contribution in [0.2, 0.25) is 0 Å². The second-order valence-electron chi connectivity index (χ2n) is 8.20. The summed E-state index contributed by atoms with van der Waals surface area (Å²) < 4.78 is 38.8. The number of nitrogens with zero attached hydrogens (tertiary/aromatic N) is 3. The molecule has 0 bridgehead atoms. The van der Waals surface area contributed by atoms with Gasteiger partial charge in [-0.15, -0.1) is 0 Å². The molecule has 0 unspecified atom stereocenters. The molecule has 2 aromatic rings. The summed E-state index contributed by atoms with van der Waals surface area (Å²) in [6.45, 7) is 2.60. The molecule has 2 atom stereocenters. The van der Waals surface area contributed by atoms with Crippen molar-refractivity contribution >= 4 is 15.8 Å². The Hall–Kier alpha value is -2.06. The van der Waals surface area contributed by atoms with Crippen molar-refractivity contribution in [2.24, 2.45) is 5.92 Å². The van der Waals surface area contributed by atoms with Crippen LogP contribution >= 0.6 is 0 Å². The van der Waals surface area contributed by atoms with Crippen LogP contribution in [0.1, 0.15) is 35.6 Å². The SMILES string of the molecule is O=S1(=O)Cc2cnc(NCC3CC3)nc2[C@H]2CN(Cc3ccc(F)cc3)C[C@@H]21. The van der Waals surface area contributed by atoms with Gasteiger partial charge in [-0.05, 0) is 36.5 Å². The van der Waals surface area contributed by atoms with Crippen molar-refractivity contribution in [1.29, 1.82) is 0 Å². The molecule has 5 rings (SSSR count). The molecule has 1 aromatic heterocycles. The highest BCUT2D eigenvalue weighted by molar-refractivity contribution is 7.91. The highest BCUT2D eigenvalue weighted by Crippen LogP contribution is 2.40. The van der Waals surface area contributed by atoms with E-state index in [9.17, 15) is 12.8 Å². The zero-order valence-corrected chi connectivity index (χ0v) is 16.3. The number of nitrogens with one attached hydrogen (secondary N) is 1. The maximum absolute atomic E-state index is 13.2. The normalized spacial score (nSPS) is 25.9. The second-order valence-corrected chi connectivity index (χ2v) is 10.4. The summed E-state index contributed by atoms with van der Waals surface area (Å²) in [5.74, 6) is 0.916. The van der Waals surface area contributed by atoms with Gasteiger partial charge in [0.1, 0.15) is 5.82 Å². The number of aromatic nitrogens is 2. The van der Waals surface area contributed by atoms with E-state index in [0.29, 0.717) is 31.5 Å². The predicted octanol–water partition coefficient (Wildman–Crippen LogP) is 2.33. The van der Waals surface area contributed by atoms with E-state index in [-0.39, 0.29) is 17.5 Å². The summed E-state index contributed by atoms with van der Waals surface area (Å²) in [7, 11) is -3.24. The van der Waals surface area contributed by atoms with Crippen molar-refractivity contribution < 1.29 is 12.8 Å². The van der Waals surface area contributed by atoms with Crippen molar-refractivity contribution in [2.45, 2.75) is 36.3 Å². The first-order valence-electron chi connectivity index (χ1n) is 9.76. The van der Waals surface area contributed by atoms with Gasteiger partial charge in [0, 0.05) is 43.9 Å². The van der Waals surface area contributed by atoms with E-state index in [4.69, 9.17) is 4.98 Å². The fourth-order valence-electron chi connectivity index (χ4n) is 4.27. The summed E-state index contributed by atoms with van der Waals surface area (Å²) >= 11 is 0. The summed E-state index contributed by atoms with van der Waals surface area (Å²) in [5.41, 5.74) is 2.57. The molecule has 28 heavy (non-hydrogen) atoms. The molecule has 1 N–H and O–H groups in total. The minimum atomic E-state index is -3.24. The lowest BCUT2D eigenvalue weighted by Gasteiger charge is -2.26. The highest BCUT2D eigenvalue weighted by atomic mass is 32.2. The largest absolute Gasteiger partial charge is 0.354 e. The Bertz CT molecular complexity index is 992. The molecule has 3 aliphatic rings. The molecular formula is C20H23FN4O2S. The van der Waals surface area contributed by atoms with E-state index in [1.54, 1.807) is 18.3 Å².